The van der Waals surface area contributed by atoms with Crippen molar-refractivity contribution in [2.24, 2.45) is 0 Å². The first kappa shape index (κ1) is 21.6. The first-order valence-electron chi connectivity index (χ1n) is 8.79. The molecule has 3 aromatic rings. The number of anilines is 1. The smallest absolute Gasteiger partial charge is 0.331 e. The van der Waals surface area contributed by atoms with Crippen LogP contribution in [0, 0.1) is 11.6 Å². The predicted molar refractivity (Wildman–Crippen MR) is 105 cm³/mol. The molecule has 1 atom stereocenters. The number of halogens is 2. The number of ether oxygens (including phenoxy) is 1. The molecule has 0 aliphatic rings. The van der Waals surface area contributed by atoms with Crippen molar-refractivity contribution in [3.05, 3.63) is 51.9 Å². The number of aliphatic hydroxyl groups excluding tert-OH is 1. The molecule has 0 amide bonds. The molecule has 3 rings (SSSR count). The van der Waals surface area contributed by atoms with Crippen LogP contribution in [0.1, 0.15) is 12.5 Å². The fourth-order valence-corrected chi connectivity index (χ4v) is 3.29. The number of thioether (sulfide) groups is 1. The van der Waals surface area contributed by atoms with Gasteiger partial charge in [-0.1, -0.05) is 23.9 Å². The summed E-state index contributed by atoms with van der Waals surface area (Å²) >= 11 is 0.987. The minimum atomic E-state index is -1.13. The number of hydrogen-bond acceptors (Lipinski definition) is 9. The van der Waals surface area contributed by atoms with Gasteiger partial charge in [-0.25, -0.2) is 28.5 Å². The van der Waals surface area contributed by atoms with E-state index in [1.54, 1.807) is 6.92 Å². The van der Waals surface area contributed by atoms with E-state index in [-0.39, 0.29) is 40.1 Å². The summed E-state index contributed by atoms with van der Waals surface area (Å²) in [7, 11) is 0. The number of aromatic nitrogens is 4. The number of aromatic amines is 1. The predicted octanol–water partition coefficient (Wildman–Crippen LogP) is 1.62. The molecule has 1 aromatic carbocycles. The standard InChI is InChI=1S/C18H17F2N5O4S/c1-2-29-17(28)11(7-26)22-15-14-16(23-12(27)6-21-14)25-18(24-15)30-8-9-4-3-5-10(19)13(9)20/h3-6,11,26H,2,7-8H2,1H3,(H2,22,23,24,25,27). The third kappa shape index (κ3) is 4.89. The number of fused-ring (bicyclic) bond motifs is 1. The van der Waals surface area contributed by atoms with Crippen LogP contribution in [-0.4, -0.2) is 50.3 Å². The van der Waals surface area contributed by atoms with E-state index in [0.29, 0.717) is 0 Å². The molecule has 158 valence electrons. The van der Waals surface area contributed by atoms with Gasteiger partial charge in [-0.3, -0.25) is 4.79 Å². The topological polar surface area (TPSA) is 130 Å². The molecule has 12 heteroatoms. The Morgan fingerprint density at radius 3 is 2.90 bits per heavy atom. The van der Waals surface area contributed by atoms with Gasteiger partial charge in [-0.2, -0.15) is 0 Å². The second-order valence-electron chi connectivity index (χ2n) is 5.93. The lowest BCUT2D eigenvalue weighted by atomic mass is 10.2. The first-order valence-corrected chi connectivity index (χ1v) is 9.78. The van der Waals surface area contributed by atoms with Gasteiger partial charge in [0.15, 0.2) is 28.3 Å². The summed E-state index contributed by atoms with van der Waals surface area (Å²) in [6, 6.07) is 2.70. The Morgan fingerprint density at radius 2 is 2.17 bits per heavy atom. The van der Waals surface area contributed by atoms with Gasteiger partial charge in [0.05, 0.1) is 19.4 Å². The Labute approximate surface area is 172 Å². The monoisotopic (exact) mass is 437 g/mol. The number of aliphatic hydroxyl groups is 1. The maximum Gasteiger partial charge on any atom is 0.331 e. The van der Waals surface area contributed by atoms with Crippen LogP contribution < -0.4 is 10.9 Å². The molecule has 2 heterocycles. The molecule has 0 aliphatic carbocycles. The zero-order valence-corrected chi connectivity index (χ0v) is 16.5. The SMILES string of the molecule is CCOC(=O)C(CO)Nc1nc(SCc2cccc(F)c2F)nc2[nH]c(=O)cnc12. The quantitative estimate of drug-likeness (QED) is 0.273. The highest BCUT2D eigenvalue weighted by Gasteiger charge is 2.22. The van der Waals surface area contributed by atoms with Gasteiger partial charge in [0.2, 0.25) is 0 Å². The Kier molecular flexibility index (Phi) is 6.90. The Hall–Kier alpha value is -3.12. The zero-order valence-electron chi connectivity index (χ0n) is 15.7. The van der Waals surface area contributed by atoms with Gasteiger partial charge in [0.25, 0.3) is 5.56 Å². The summed E-state index contributed by atoms with van der Waals surface area (Å²) in [4.78, 5) is 38.5. The molecule has 0 aliphatic heterocycles. The highest BCUT2D eigenvalue weighted by molar-refractivity contribution is 7.98. The molecule has 1 unspecified atom stereocenters. The molecule has 0 spiro atoms. The zero-order chi connectivity index (χ0) is 21.7. The summed E-state index contributed by atoms with van der Waals surface area (Å²) in [5, 5.41) is 12.3. The van der Waals surface area contributed by atoms with Crippen LogP contribution in [0.4, 0.5) is 14.6 Å². The third-order valence-electron chi connectivity index (χ3n) is 3.87. The molecule has 0 saturated carbocycles. The van der Waals surface area contributed by atoms with E-state index >= 15 is 0 Å². The molecule has 0 bridgehead atoms. The Balaban J connectivity index is 1.94. The molecule has 2 aromatic heterocycles. The molecule has 0 radical (unpaired) electrons. The lowest BCUT2D eigenvalue weighted by Crippen LogP contribution is -2.35. The van der Waals surface area contributed by atoms with Crippen LogP contribution in [0.15, 0.2) is 34.3 Å². The molecule has 0 saturated heterocycles. The van der Waals surface area contributed by atoms with Crippen molar-refractivity contribution in [1.29, 1.82) is 0 Å². The summed E-state index contributed by atoms with van der Waals surface area (Å²) in [5.74, 6) is -2.57. The number of H-pyrrole nitrogens is 1. The van der Waals surface area contributed by atoms with Crippen LogP contribution in [0.5, 0.6) is 0 Å². The average molecular weight is 437 g/mol. The summed E-state index contributed by atoms with van der Waals surface area (Å²) < 4.78 is 32.2. The fourth-order valence-electron chi connectivity index (χ4n) is 2.47. The molecule has 3 N–H and O–H groups in total. The van der Waals surface area contributed by atoms with Gasteiger partial charge in [-0.15, -0.1) is 0 Å². The van der Waals surface area contributed by atoms with E-state index in [1.807, 2.05) is 0 Å². The maximum absolute atomic E-state index is 13.9. The van der Waals surface area contributed by atoms with Crippen LogP contribution in [0.25, 0.3) is 11.2 Å². The summed E-state index contributed by atoms with van der Waals surface area (Å²) in [6.07, 6.45) is 1.02. The second-order valence-corrected chi connectivity index (χ2v) is 6.88. The fraction of sp³-hybridized carbons (Fsp3) is 0.278. The average Bonchev–Trinajstić information content (AvgIpc) is 2.72. The molecule has 0 fully saturated rings. The summed E-state index contributed by atoms with van der Waals surface area (Å²) in [5.41, 5.74) is -0.178. The number of hydrogen-bond donors (Lipinski definition) is 3. The summed E-state index contributed by atoms with van der Waals surface area (Å²) in [6.45, 7) is 1.16. The van der Waals surface area contributed by atoms with E-state index in [0.717, 1.165) is 24.0 Å². The third-order valence-corrected chi connectivity index (χ3v) is 4.77. The van der Waals surface area contributed by atoms with Crippen molar-refractivity contribution in [3.63, 3.8) is 0 Å². The second kappa shape index (κ2) is 9.59. The van der Waals surface area contributed by atoms with Gasteiger partial charge in [0, 0.05) is 11.3 Å². The van der Waals surface area contributed by atoms with Crippen molar-refractivity contribution in [3.8, 4) is 0 Å². The van der Waals surface area contributed by atoms with E-state index in [9.17, 15) is 23.5 Å². The largest absolute Gasteiger partial charge is 0.464 e. The lowest BCUT2D eigenvalue weighted by molar-refractivity contribution is -0.144. The highest BCUT2D eigenvalue weighted by Crippen LogP contribution is 2.26. The number of carbonyl (C=O) groups excluding carboxylic acids is 1. The number of benzene rings is 1. The van der Waals surface area contributed by atoms with Crippen LogP contribution in [0.3, 0.4) is 0 Å². The van der Waals surface area contributed by atoms with Crippen molar-refractivity contribution in [2.75, 3.05) is 18.5 Å². The lowest BCUT2D eigenvalue weighted by Gasteiger charge is -2.16. The Bertz CT molecular complexity index is 1130. The first-order chi connectivity index (χ1) is 14.4. The van der Waals surface area contributed by atoms with Gasteiger partial charge < -0.3 is 20.1 Å². The van der Waals surface area contributed by atoms with Crippen LogP contribution in [0.2, 0.25) is 0 Å². The molecule has 30 heavy (non-hydrogen) atoms. The van der Waals surface area contributed by atoms with Crippen molar-refractivity contribution < 1.29 is 23.4 Å². The van der Waals surface area contributed by atoms with Gasteiger partial charge in [-0.05, 0) is 13.0 Å². The van der Waals surface area contributed by atoms with E-state index in [4.69, 9.17) is 4.74 Å². The highest BCUT2D eigenvalue weighted by atomic mass is 32.2. The number of esters is 1. The van der Waals surface area contributed by atoms with Crippen molar-refractivity contribution >= 4 is 34.7 Å². The van der Waals surface area contributed by atoms with Crippen LogP contribution >= 0.6 is 11.8 Å². The van der Waals surface area contributed by atoms with E-state index < -0.39 is 35.8 Å². The number of nitrogens with one attached hydrogen (secondary N) is 2. The van der Waals surface area contributed by atoms with Crippen molar-refractivity contribution in [1.82, 2.24) is 19.9 Å². The minimum absolute atomic E-state index is 0.0142. The van der Waals surface area contributed by atoms with Gasteiger partial charge >= 0.3 is 5.97 Å². The van der Waals surface area contributed by atoms with Crippen molar-refractivity contribution in [2.45, 2.75) is 23.9 Å². The number of carbonyl (C=O) groups is 1. The van der Waals surface area contributed by atoms with Crippen LogP contribution in [-0.2, 0) is 15.3 Å². The minimum Gasteiger partial charge on any atom is -0.464 e. The van der Waals surface area contributed by atoms with Gasteiger partial charge in [0.1, 0.15) is 11.6 Å². The van der Waals surface area contributed by atoms with E-state index in [2.05, 4.69) is 25.3 Å². The number of nitrogens with zero attached hydrogens (tertiary/aromatic N) is 3. The maximum atomic E-state index is 13.9. The molecule has 9 nitrogen and oxygen atoms in total. The molecular formula is C18H17F2N5O4S. The number of rotatable bonds is 8. The molecular weight excluding hydrogens is 420 g/mol. The Morgan fingerprint density at radius 1 is 1.37 bits per heavy atom. The van der Waals surface area contributed by atoms with E-state index in [1.165, 1.54) is 12.1 Å². The normalized spacial score (nSPS) is 12.0.